The molecule has 0 heterocycles. The topological polar surface area (TPSA) is 35.5 Å². The first-order valence-electron chi connectivity index (χ1n) is 5.46. The highest BCUT2D eigenvalue weighted by Crippen LogP contribution is 2.30. The molecule has 0 N–H and O–H groups in total. The van der Waals surface area contributed by atoms with Crippen LogP contribution in [0.2, 0.25) is 0 Å². The van der Waals surface area contributed by atoms with Crippen LogP contribution in [-0.2, 0) is 16.0 Å². The highest BCUT2D eigenvalue weighted by atomic mass is 19.4. The van der Waals surface area contributed by atoms with Crippen molar-refractivity contribution >= 4 is 5.97 Å². The van der Waals surface area contributed by atoms with Crippen LogP contribution in [0.1, 0.15) is 24.0 Å². The molecule has 0 aliphatic heterocycles. The fraction of sp³-hybridized carbons (Fsp3) is 0.417. The van der Waals surface area contributed by atoms with Gasteiger partial charge in [-0.15, -0.1) is 13.2 Å². The normalized spacial score (nSPS) is 11.6. The molecular weight excluding hydrogens is 287 g/mol. The SMILES string of the molecule is COC(=O)CCc1cc(OC(F)(F)F)ccc1C(F)F. The van der Waals surface area contributed by atoms with Crippen molar-refractivity contribution in [2.45, 2.75) is 25.6 Å². The fourth-order valence-corrected chi connectivity index (χ4v) is 1.55. The van der Waals surface area contributed by atoms with Gasteiger partial charge in [0.2, 0.25) is 0 Å². The fourth-order valence-electron chi connectivity index (χ4n) is 1.55. The van der Waals surface area contributed by atoms with Crippen LogP contribution >= 0.6 is 0 Å². The zero-order valence-corrected chi connectivity index (χ0v) is 10.3. The number of ether oxygens (including phenoxy) is 2. The van der Waals surface area contributed by atoms with Gasteiger partial charge in [-0.25, -0.2) is 8.78 Å². The van der Waals surface area contributed by atoms with E-state index in [1.165, 1.54) is 0 Å². The van der Waals surface area contributed by atoms with Gasteiger partial charge in [0.15, 0.2) is 0 Å². The number of hydrogen-bond donors (Lipinski definition) is 0. The molecule has 0 aliphatic rings. The number of rotatable bonds is 5. The summed E-state index contributed by atoms with van der Waals surface area (Å²) >= 11 is 0. The third-order valence-electron chi connectivity index (χ3n) is 2.41. The zero-order chi connectivity index (χ0) is 15.3. The molecule has 0 atom stereocenters. The zero-order valence-electron chi connectivity index (χ0n) is 10.3. The number of aryl methyl sites for hydroxylation is 1. The van der Waals surface area contributed by atoms with Crippen LogP contribution in [0.15, 0.2) is 18.2 Å². The van der Waals surface area contributed by atoms with Crippen LogP contribution < -0.4 is 4.74 Å². The standard InChI is InChI=1S/C12H11F5O3/c1-19-10(18)5-2-7-6-8(20-12(15,16)17)3-4-9(7)11(13)14/h3-4,6,11H,2,5H2,1H3. The second-order valence-electron chi connectivity index (χ2n) is 3.79. The number of hydrogen-bond acceptors (Lipinski definition) is 3. The predicted molar refractivity (Wildman–Crippen MR) is 58.4 cm³/mol. The maximum Gasteiger partial charge on any atom is 0.573 e. The molecule has 3 nitrogen and oxygen atoms in total. The number of carbonyl (C=O) groups is 1. The van der Waals surface area contributed by atoms with E-state index in [0.717, 1.165) is 25.3 Å². The van der Waals surface area contributed by atoms with E-state index in [4.69, 9.17) is 0 Å². The van der Waals surface area contributed by atoms with E-state index in [1.807, 2.05) is 0 Å². The van der Waals surface area contributed by atoms with Crippen LogP contribution in [0.25, 0.3) is 0 Å². The first kappa shape index (κ1) is 16.2. The Labute approximate surface area is 111 Å². The van der Waals surface area contributed by atoms with E-state index in [0.29, 0.717) is 0 Å². The smallest absolute Gasteiger partial charge is 0.469 e. The maximum atomic E-state index is 12.7. The van der Waals surface area contributed by atoms with Crippen molar-refractivity contribution in [1.29, 1.82) is 0 Å². The molecule has 8 heteroatoms. The van der Waals surface area contributed by atoms with Gasteiger partial charge < -0.3 is 9.47 Å². The Kier molecular flexibility index (Phi) is 5.29. The summed E-state index contributed by atoms with van der Waals surface area (Å²) in [4.78, 5) is 11.0. The lowest BCUT2D eigenvalue weighted by Crippen LogP contribution is -2.17. The summed E-state index contributed by atoms with van der Waals surface area (Å²) in [5.41, 5.74) is -0.532. The largest absolute Gasteiger partial charge is 0.573 e. The third kappa shape index (κ3) is 5.02. The van der Waals surface area contributed by atoms with Gasteiger partial charge in [0, 0.05) is 12.0 Å². The average molecular weight is 298 g/mol. The summed E-state index contributed by atoms with van der Waals surface area (Å²) in [5.74, 6) is -1.26. The second-order valence-corrected chi connectivity index (χ2v) is 3.79. The van der Waals surface area contributed by atoms with Crippen LogP contribution in [0.4, 0.5) is 22.0 Å². The van der Waals surface area contributed by atoms with Gasteiger partial charge in [0.25, 0.3) is 6.43 Å². The van der Waals surface area contributed by atoms with E-state index < -0.39 is 30.1 Å². The molecule has 0 saturated heterocycles. The van der Waals surface area contributed by atoms with Crippen molar-refractivity contribution < 1.29 is 36.2 Å². The van der Waals surface area contributed by atoms with Crippen molar-refractivity contribution in [2.75, 3.05) is 7.11 Å². The van der Waals surface area contributed by atoms with Crippen molar-refractivity contribution in [3.63, 3.8) is 0 Å². The van der Waals surface area contributed by atoms with Gasteiger partial charge in [0.05, 0.1) is 7.11 Å². The molecule has 112 valence electrons. The Balaban J connectivity index is 2.96. The lowest BCUT2D eigenvalue weighted by molar-refractivity contribution is -0.274. The molecule has 0 unspecified atom stereocenters. The Morgan fingerprint density at radius 2 is 1.95 bits per heavy atom. The van der Waals surface area contributed by atoms with Crippen molar-refractivity contribution in [1.82, 2.24) is 0 Å². The third-order valence-corrected chi connectivity index (χ3v) is 2.41. The molecule has 0 bridgehead atoms. The van der Waals surface area contributed by atoms with Crippen LogP contribution in [0.3, 0.4) is 0 Å². The van der Waals surface area contributed by atoms with Crippen molar-refractivity contribution in [3.8, 4) is 5.75 Å². The van der Waals surface area contributed by atoms with E-state index in [1.54, 1.807) is 0 Å². The molecule has 0 saturated carbocycles. The van der Waals surface area contributed by atoms with Crippen LogP contribution in [-0.4, -0.2) is 19.4 Å². The molecule has 0 spiro atoms. The minimum absolute atomic E-state index is 0.0906. The lowest BCUT2D eigenvalue weighted by atomic mass is 10.0. The maximum absolute atomic E-state index is 12.7. The number of methoxy groups -OCH3 is 1. The van der Waals surface area contributed by atoms with Crippen molar-refractivity contribution in [3.05, 3.63) is 29.3 Å². The summed E-state index contributed by atoms with van der Waals surface area (Å²) < 4.78 is 69.6. The number of halogens is 5. The van der Waals surface area contributed by atoms with Gasteiger partial charge in [-0.05, 0) is 30.2 Å². The quantitative estimate of drug-likeness (QED) is 0.615. The van der Waals surface area contributed by atoms with Gasteiger partial charge in [-0.1, -0.05) is 0 Å². The summed E-state index contributed by atoms with van der Waals surface area (Å²) in [6.45, 7) is 0. The summed E-state index contributed by atoms with van der Waals surface area (Å²) in [7, 11) is 1.12. The molecule has 0 radical (unpaired) electrons. The molecule has 0 aromatic heterocycles. The highest BCUT2D eigenvalue weighted by molar-refractivity contribution is 5.69. The molecule has 20 heavy (non-hydrogen) atoms. The van der Waals surface area contributed by atoms with Gasteiger partial charge in [0.1, 0.15) is 5.75 Å². The number of carbonyl (C=O) groups excluding carboxylic acids is 1. The van der Waals surface area contributed by atoms with Crippen LogP contribution in [0, 0.1) is 0 Å². The number of benzene rings is 1. The molecule has 0 amide bonds. The number of alkyl halides is 5. The van der Waals surface area contributed by atoms with Crippen LogP contribution in [0.5, 0.6) is 5.75 Å². The van der Waals surface area contributed by atoms with E-state index in [-0.39, 0.29) is 18.4 Å². The van der Waals surface area contributed by atoms with Gasteiger partial charge in [-0.3, -0.25) is 4.79 Å². The summed E-state index contributed by atoms with van der Waals surface area (Å²) in [6, 6.07) is 2.49. The van der Waals surface area contributed by atoms with Gasteiger partial charge in [-0.2, -0.15) is 0 Å². The molecule has 1 rings (SSSR count). The first-order chi connectivity index (χ1) is 9.23. The second kappa shape index (κ2) is 6.53. The van der Waals surface area contributed by atoms with E-state index >= 15 is 0 Å². The minimum Gasteiger partial charge on any atom is -0.469 e. The summed E-state index contributed by atoms with van der Waals surface area (Å²) in [5, 5.41) is 0. The van der Waals surface area contributed by atoms with Crippen molar-refractivity contribution in [2.24, 2.45) is 0 Å². The van der Waals surface area contributed by atoms with E-state index in [9.17, 15) is 26.7 Å². The highest BCUT2D eigenvalue weighted by Gasteiger charge is 2.31. The minimum atomic E-state index is -4.91. The molecular formula is C12H11F5O3. The molecule has 1 aromatic rings. The van der Waals surface area contributed by atoms with Gasteiger partial charge >= 0.3 is 12.3 Å². The lowest BCUT2D eigenvalue weighted by Gasteiger charge is -2.13. The Hall–Kier alpha value is -1.86. The number of esters is 1. The summed E-state index contributed by atoms with van der Waals surface area (Å²) in [6.07, 6.45) is -8.15. The predicted octanol–water partition coefficient (Wildman–Crippen LogP) is 3.63. The van der Waals surface area contributed by atoms with E-state index in [2.05, 4.69) is 9.47 Å². The monoisotopic (exact) mass is 298 g/mol. The Morgan fingerprint density at radius 3 is 2.45 bits per heavy atom. The molecule has 0 aliphatic carbocycles. The molecule has 0 fully saturated rings. The Bertz CT molecular complexity index is 471. The Morgan fingerprint density at radius 1 is 1.30 bits per heavy atom. The molecule has 1 aromatic carbocycles. The first-order valence-corrected chi connectivity index (χ1v) is 5.46. The average Bonchev–Trinajstić information content (AvgIpc) is 2.33.